The zero-order valence-electron chi connectivity index (χ0n) is 24.4. The van der Waals surface area contributed by atoms with E-state index in [9.17, 15) is 26.4 Å². The third-order valence-electron chi connectivity index (χ3n) is 7.29. The van der Waals surface area contributed by atoms with Gasteiger partial charge in [0.05, 0.1) is 41.5 Å². The van der Waals surface area contributed by atoms with Crippen LogP contribution in [0.5, 0.6) is 0 Å². The number of aromatic nitrogens is 8. The monoisotopic (exact) mass is 633 g/mol. The second-order valence-corrected chi connectivity index (χ2v) is 12.6. The summed E-state index contributed by atoms with van der Waals surface area (Å²) in [7, 11) is -1.98. The van der Waals surface area contributed by atoms with Gasteiger partial charge in [0.2, 0.25) is 0 Å². The molecule has 0 spiro atoms. The van der Waals surface area contributed by atoms with Crippen LogP contribution >= 0.6 is 0 Å². The number of nitrogens with zero attached hydrogens (tertiary/aromatic N) is 8. The number of alkyl halides is 3. The standard InChI is InChI=1S/C27H30F3N9O4S/c1-5-44(41,42)17-10-31-19(32-11-17)12-33-24-26(40)39(15(3)27(28,29)30)25-21(37-24)14(2)36-23(38-25)20-18(8-9-43-4)34-13-35-22(20)16-6-7-16/h10-11,13,15-16H,5-9,12H2,1-4H3,(H,33,37)/t15-/m0/s1. The van der Waals surface area contributed by atoms with Gasteiger partial charge in [0.15, 0.2) is 27.1 Å². The molecule has 4 aromatic heterocycles. The maximum atomic E-state index is 14.1. The molecule has 5 rings (SSSR count). The van der Waals surface area contributed by atoms with Gasteiger partial charge in [-0.05, 0) is 26.7 Å². The lowest BCUT2D eigenvalue weighted by atomic mass is 10.0. The second-order valence-electron chi connectivity index (χ2n) is 10.3. The molecule has 1 aliphatic rings. The molecule has 17 heteroatoms. The molecule has 0 unspecified atom stereocenters. The summed E-state index contributed by atoms with van der Waals surface area (Å²) in [6, 6.07) is -2.26. The van der Waals surface area contributed by atoms with E-state index in [4.69, 9.17) is 4.74 Å². The van der Waals surface area contributed by atoms with Crippen molar-refractivity contribution in [3.63, 3.8) is 0 Å². The Kier molecular flexibility index (Phi) is 8.62. The van der Waals surface area contributed by atoms with Crippen LogP contribution in [0.1, 0.15) is 61.6 Å². The summed E-state index contributed by atoms with van der Waals surface area (Å²) in [5.74, 6) is -0.190. The van der Waals surface area contributed by atoms with Crippen LogP contribution in [0, 0.1) is 6.92 Å². The Bertz CT molecular complexity index is 1860. The normalized spacial score (nSPS) is 14.6. The van der Waals surface area contributed by atoms with Crippen molar-refractivity contribution < 1.29 is 26.3 Å². The molecule has 0 amide bonds. The van der Waals surface area contributed by atoms with Gasteiger partial charge in [0, 0.05) is 31.8 Å². The fourth-order valence-electron chi connectivity index (χ4n) is 4.61. The Morgan fingerprint density at radius 3 is 2.43 bits per heavy atom. The van der Waals surface area contributed by atoms with E-state index in [1.807, 2.05) is 0 Å². The third-order valence-corrected chi connectivity index (χ3v) is 8.98. The maximum absolute atomic E-state index is 14.1. The highest BCUT2D eigenvalue weighted by Gasteiger charge is 2.40. The molecule has 0 aliphatic heterocycles. The van der Waals surface area contributed by atoms with Crippen molar-refractivity contribution in [3.05, 3.63) is 52.0 Å². The fourth-order valence-corrected chi connectivity index (χ4v) is 5.37. The van der Waals surface area contributed by atoms with Gasteiger partial charge < -0.3 is 10.1 Å². The number of hydrogen-bond acceptors (Lipinski definition) is 12. The summed E-state index contributed by atoms with van der Waals surface area (Å²) in [6.45, 7) is 4.05. The lowest BCUT2D eigenvalue weighted by Gasteiger charge is -2.22. The number of aryl methyl sites for hydroxylation is 1. The molecular weight excluding hydrogens is 603 g/mol. The van der Waals surface area contributed by atoms with Crippen molar-refractivity contribution in [2.24, 2.45) is 0 Å². The second kappa shape index (κ2) is 12.1. The number of ether oxygens (including phenoxy) is 1. The molecule has 1 fully saturated rings. The molecule has 1 saturated carbocycles. The Balaban J connectivity index is 1.63. The number of methoxy groups -OCH3 is 1. The molecule has 1 N–H and O–H groups in total. The van der Waals surface area contributed by atoms with E-state index >= 15 is 0 Å². The molecule has 0 aromatic carbocycles. The lowest BCUT2D eigenvalue weighted by Crippen LogP contribution is -2.35. The highest BCUT2D eigenvalue weighted by Crippen LogP contribution is 2.43. The van der Waals surface area contributed by atoms with Crippen LogP contribution in [-0.4, -0.2) is 73.5 Å². The minimum Gasteiger partial charge on any atom is -0.384 e. The highest BCUT2D eigenvalue weighted by atomic mass is 32.2. The Labute approximate surface area is 250 Å². The minimum absolute atomic E-state index is 0.0134. The van der Waals surface area contributed by atoms with E-state index in [0.717, 1.165) is 32.2 Å². The van der Waals surface area contributed by atoms with Crippen molar-refractivity contribution in [3.8, 4) is 11.4 Å². The topological polar surface area (TPSA) is 168 Å². The molecule has 0 radical (unpaired) electrons. The molecule has 1 atom stereocenters. The average Bonchev–Trinajstić information content (AvgIpc) is 3.84. The van der Waals surface area contributed by atoms with Gasteiger partial charge in [-0.25, -0.2) is 43.3 Å². The van der Waals surface area contributed by atoms with E-state index in [1.165, 1.54) is 13.3 Å². The number of fused-ring (bicyclic) bond motifs is 1. The first kappa shape index (κ1) is 31.3. The van der Waals surface area contributed by atoms with Crippen LogP contribution in [-0.2, 0) is 27.5 Å². The molecule has 44 heavy (non-hydrogen) atoms. The predicted octanol–water partition coefficient (Wildman–Crippen LogP) is 3.34. The highest BCUT2D eigenvalue weighted by molar-refractivity contribution is 7.91. The van der Waals surface area contributed by atoms with E-state index in [0.29, 0.717) is 34.5 Å². The minimum atomic E-state index is -4.79. The van der Waals surface area contributed by atoms with Gasteiger partial charge in [-0.1, -0.05) is 6.92 Å². The summed E-state index contributed by atoms with van der Waals surface area (Å²) in [5, 5.41) is 2.70. The number of halogens is 3. The number of nitrogens with one attached hydrogen (secondary N) is 1. The van der Waals surface area contributed by atoms with Crippen LogP contribution in [0.15, 0.2) is 28.4 Å². The van der Waals surface area contributed by atoms with Crippen LogP contribution < -0.4 is 10.9 Å². The number of hydrogen-bond donors (Lipinski definition) is 1. The van der Waals surface area contributed by atoms with Gasteiger partial charge >= 0.3 is 6.18 Å². The summed E-state index contributed by atoms with van der Waals surface area (Å²) >= 11 is 0. The first-order chi connectivity index (χ1) is 20.9. The summed E-state index contributed by atoms with van der Waals surface area (Å²) < 4.78 is 72.3. The van der Waals surface area contributed by atoms with Crippen LogP contribution in [0.2, 0.25) is 0 Å². The van der Waals surface area contributed by atoms with E-state index in [1.54, 1.807) is 14.0 Å². The Morgan fingerprint density at radius 2 is 1.82 bits per heavy atom. The fraction of sp³-hybridized carbons (Fsp3) is 0.481. The predicted molar refractivity (Wildman–Crippen MR) is 153 cm³/mol. The smallest absolute Gasteiger partial charge is 0.384 e. The molecule has 4 heterocycles. The van der Waals surface area contributed by atoms with Crippen LogP contribution in [0.3, 0.4) is 0 Å². The molecule has 1 aliphatic carbocycles. The molecule has 4 aromatic rings. The zero-order chi connectivity index (χ0) is 31.8. The first-order valence-corrected chi connectivity index (χ1v) is 15.5. The Morgan fingerprint density at radius 1 is 1.11 bits per heavy atom. The summed E-state index contributed by atoms with van der Waals surface area (Å²) in [5.41, 5.74) is 0.675. The van der Waals surface area contributed by atoms with Crippen molar-refractivity contribution in [1.29, 1.82) is 0 Å². The first-order valence-electron chi connectivity index (χ1n) is 13.8. The average molecular weight is 634 g/mol. The molecule has 234 valence electrons. The van der Waals surface area contributed by atoms with Crippen LogP contribution in [0.25, 0.3) is 22.6 Å². The van der Waals surface area contributed by atoms with E-state index in [-0.39, 0.29) is 51.6 Å². The van der Waals surface area contributed by atoms with Gasteiger partial charge in [-0.15, -0.1) is 0 Å². The largest absolute Gasteiger partial charge is 0.409 e. The molecular formula is C27H30F3N9O4S. The SMILES string of the molecule is CCS(=O)(=O)c1cnc(CNc2nc3c(C)nc(-c4c(CCOC)ncnc4C4CC4)nc3n([C@@H](C)C(F)(F)F)c2=O)nc1. The van der Waals surface area contributed by atoms with E-state index < -0.39 is 33.4 Å². The van der Waals surface area contributed by atoms with Gasteiger partial charge in [-0.2, -0.15) is 13.2 Å². The van der Waals surface area contributed by atoms with Crippen molar-refractivity contribution in [2.75, 3.05) is 24.8 Å². The number of sulfone groups is 1. The molecule has 0 bridgehead atoms. The lowest BCUT2D eigenvalue weighted by molar-refractivity contribution is -0.162. The van der Waals surface area contributed by atoms with Crippen LogP contribution in [0.4, 0.5) is 19.0 Å². The maximum Gasteiger partial charge on any atom is 0.409 e. The van der Waals surface area contributed by atoms with Crippen molar-refractivity contribution >= 4 is 26.8 Å². The van der Waals surface area contributed by atoms with E-state index in [2.05, 4.69) is 40.2 Å². The quantitative estimate of drug-likeness (QED) is 0.256. The van der Waals surface area contributed by atoms with Crippen molar-refractivity contribution in [2.45, 2.75) is 69.6 Å². The summed E-state index contributed by atoms with van der Waals surface area (Å²) in [6.07, 6.45) is 1.10. The van der Waals surface area contributed by atoms with Gasteiger partial charge in [-0.3, -0.25) is 9.36 Å². The Hall–Kier alpha value is -4.12. The van der Waals surface area contributed by atoms with Gasteiger partial charge in [0.25, 0.3) is 5.56 Å². The molecule has 13 nitrogen and oxygen atoms in total. The number of anilines is 1. The van der Waals surface area contributed by atoms with Crippen molar-refractivity contribution in [1.82, 2.24) is 39.5 Å². The molecule has 0 saturated heterocycles. The zero-order valence-corrected chi connectivity index (χ0v) is 25.2. The summed E-state index contributed by atoms with van der Waals surface area (Å²) in [4.78, 5) is 43.8. The third kappa shape index (κ3) is 6.24. The number of rotatable bonds is 11. The van der Waals surface area contributed by atoms with Gasteiger partial charge in [0.1, 0.15) is 28.6 Å².